The topological polar surface area (TPSA) is 107 Å². The summed E-state index contributed by atoms with van der Waals surface area (Å²) < 4.78 is 2.37. The summed E-state index contributed by atoms with van der Waals surface area (Å²) in [5.41, 5.74) is 1.13. The van der Waals surface area contributed by atoms with Crippen molar-refractivity contribution in [2.45, 2.75) is 32.0 Å². The molecule has 3 aromatic rings. The second kappa shape index (κ2) is 9.40. The van der Waals surface area contributed by atoms with E-state index in [9.17, 15) is 19.7 Å². The van der Waals surface area contributed by atoms with Crippen LogP contribution in [-0.4, -0.2) is 26.1 Å². The van der Waals surface area contributed by atoms with E-state index in [1.54, 1.807) is 29.7 Å². The van der Waals surface area contributed by atoms with Crippen LogP contribution in [0.2, 0.25) is 0 Å². The van der Waals surface area contributed by atoms with Crippen molar-refractivity contribution in [2.75, 3.05) is 11.1 Å². The summed E-state index contributed by atoms with van der Waals surface area (Å²) in [5.74, 6) is -0.322. The molecule has 8 nitrogen and oxygen atoms in total. The average Bonchev–Trinajstić information content (AvgIpc) is 2.70. The van der Waals surface area contributed by atoms with Crippen molar-refractivity contribution in [2.24, 2.45) is 0 Å². The molecule has 0 atom stereocenters. The van der Waals surface area contributed by atoms with E-state index in [1.165, 1.54) is 12.1 Å². The Kier molecular flexibility index (Phi) is 6.88. The molecular formula is C20H19BrN4O4S. The zero-order valence-electron chi connectivity index (χ0n) is 16.3. The summed E-state index contributed by atoms with van der Waals surface area (Å²) in [5, 5.41) is 14.7. The number of anilines is 1. The van der Waals surface area contributed by atoms with Crippen LogP contribution in [0.15, 0.2) is 50.8 Å². The Labute approximate surface area is 185 Å². The standard InChI is InChI=1S/C20H19BrN4O4S/c1-3-9-24-19(27)14-10-13(21)7-8-16(14)23-20(24)30-11-18(26)22-15-5-4-6-17(12(15)2)25(28)29/h4-8,10H,3,9,11H2,1-2H3,(H,22,26). The molecular weight excluding hydrogens is 472 g/mol. The van der Waals surface area contributed by atoms with Crippen molar-refractivity contribution >= 4 is 55.9 Å². The second-order valence-corrected chi connectivity index (χ2v) is 8.41. The number of nitrogens with one attached hydrogen (secondary N) is 1. The fraction of sp³-hybridized carbons (Fsp3) is 0.250. The maximum absolute atomic E-state index is 12.9. The Morgan fingerprint density at radius 1 is 1.33 bits per heavy atom. The van der Waals surface area contributed by atoms with Crippen LogP contribution in [-0.2, 0) is 11.3 Å². The maximum Gasteiger partial charge on any atom is 0.274 e. The average molecular weight is 491 g/mol. The zero-order valence-corrected chi connectivity index (χ0v) is 18.7. The van der Waals surface area contributed by atoms with Crippen LogP contribution >= 0.6 is 27.7 Å². The third-order valence-corrected chi connectivity index (χ3v) is 5.91. The number of hydrogen-bond acceptors (Lipinski definition) is 6. The molecule has 1 heterocycles. The molecule has 1 N–H and O–H groups in total. The molecule has 0 spiro atoms. The number of rotatable bonds is 7. The molecule has 0 aliphatic rings. The number of nitro benzene ring substituents is 1. The van der Waals surface area contributed by atoms with Gasteiger partial charge in [-0.2, -0.15) is 0 Å². The predicted octanol–water partition coefficient (Wildman–Crippen LogP) is 4.52. The van der Waals surface area contributed by atoms with E-state index in [1.807, 2.05) is 13.0 Å². The number of benzene rings is 2. The molecule has 0 bridgehead atoms. The molecule has 0 radical (unpaired) electrons. The van der Waals surface area contributed by atoms with Gasteiger partial charge in [0.25, 0.3) is 11.2 Å². The minimum absolute atomic E-state index is 0.0142. The van der Waals surface area contributed by atoms with Gasteiger partial charge >= 0.3 is 0 Å². The number of hydrogen-bond donors (Lipinski definition) is 1. The molecule has 1 amide bonds. The number of halogens is 1. The van der Waals surface area contributed by atoms with Crippen molar-refractivity contribution in [3.63, 3.8) is 0 Å². The smallest absolute Gasteiger partial charge is 0.274 e. The Bertz CT molecular complexity index is 1200. The number of thioether (sulfide) groups is 1. The molecule has 0 saturated heterocycles. The molecule has 0 aliphatic carbocycles. The quantitative estimate of drug-likeness (QED) is 0.226. The lowest BCUT2D eigenvalue weighted by Gasteiger charge is -2.13. The Hall–Kier alpha value is -2.72. The van der Waals surface area contributed by atoms with Crippen LogP contribution in [0.1, 0.15) is 18.9 Å². The van der Waals surface area contributed by atoms with Crippen molar-refractivity contribution < 1.29 is 9.72 Å². The molecule has 0 fully saturated rings. The highest BCUT2D eigenvalue weighted by atomic mass is 79.9. The number of carbonyl (C=O) groups is 1. The SMILES string of the molecule is CCCn1c(SCC(=O)Nc2cccc([N+](=O)[O-])c2C)nc2ccc(Br)cc2c1=O. The van der Waals surface area contributed by atoms with Crippen molar-refractivity contribution in [1.82, 2.24) is 9.55 Å². The number of nitro groups is 1. The Morgan fingerprint density at radius 2 is 2.10 bits per heavy atom. The Morgan fingerprint density at radius 3 is 2.80 bits per heavy atom. The van der Waals surface area contributed by atoms with Crippen molar-refractivity contribution in [1.29, 1.82) is 0 Å². The number of nitrogens with zero attached hydrogens (tertiary/aromatic N) is 3. The van der Waals surface area contributed by atoms with E-state index < -0.39 is 4.92 Å². The third kappa shape index (κ3) is 4.71. The molecule has 3 rings (SSSR count). The fourth-order valence-electron chi connectivity index (χ4n) is 2.98. The van der Waals surface area contributed by atoms with E-state index in [2.05, 4.69) is 26.2 Å². The molecule has 0 saturated carbocycles. The molecule has 30 heavy (non-hydrogen) atoms. The van der Waals surface area contributed by atoms with Crippen LogP contribution in [0.25, 0.3) is 10.9 Å². The van der Waals surface area contributed by atoms with Crippen LogP contribution in [0.5, 0.6) is 0 Å². The number of carbonyl (C=O) groups excluding carboxylic acids is 1. The minimum atomic E-state index is -0.486. The highest BCUT2D eigenvalue weighted by Gasteiger charge is 2.16. The van der Waals surface area contributed by atoms with Gasteiger partial charge in [-0.05, 0) is 37.6 Å². The predicted molar refractivity (Wildman–Crippen MR) is 121 cm³/mol. The fourth-order valence-corrected chi connectivity index (χ4v) is 4.16. The van der Waals surface area contributed by atoms with E-state index in [0.29, 0.717) is 33.9 Å². The molecule has 2 aromatic carbocycles. The molecule has 0 aliphatic heterocycles. The molecule has 1 aromatic heterocycles. The van der Waals surface area contributed by atoms with E-state index in [-0.39, 0.29) is 22.9 Å². The van der Waals surface area contributed by atoms with Gasteiger partial charge in [0, 0.05) is 17.1 Å². The van der Waals surface area contributed by atoms with Gasteiger partial charge in [-0.3, -0.25) is 24.3 Å². The van der Waals surface area contributed by atoms with Gasteiger partial charge in [0.1, 0.15) is 0 Å². The second-order valence-electron chi connectivity index (χ2n) is 6.56. The lowest BCUT2D eigenvalue weighted by atomic mass is 10.1. The van der Waals surface area contributed by atoms with Gasteiger partial charge in [-0.25, -0.2) is 4.98 Å². The summed E-state index contributed by atoms with van der Waals surface area (Å²) >= 11 is 4.53. The first-order valence-corrected chi connectivity index (χ1v) is 11.0. The largest absolute Gasteiger partial charge is 0.325 e. The molecule has 10 heteroatoms. The van der Waals surface area contributed by atoms with Gasteiger partial charge in [-0.1, -0.05) is 40.7 Å². The summed E-state index contributed by atoms with van der Waals surface area (Å²) in [6.07, 6.45) is 0.744. The van der Waals surface area contributed by atoms with Gasteiger partial charge in [0.2, 0.25) is 5.91 Å². The van der Waals surface area contributed by atoms with E-state index in [0.717, 1.165) is 22.7 Å². The van der Waals surface area contributed by atoms with Gasteiger partial charge in [-0.15, -0.1) is 0 Å². The number of aromatic nitrogens is 2. The van der Waals surface area contributed by atoms with Crippen LogP contribution in [0, 0.1) is 17.0 Å². The van der Waals surface area contributed by atoms with Crippen molar-refractivity contribution in [3.8, 4) is 0 Å². The number of fused-ring (bicyclic) bond motifs is 1. The minimum Gasteiger partial charge on any atom is -0.325 e. The third-order valence-electron chi connectivity index (χ3n) is 4.44. The summed E-state index contributed by atoms with van der Waals surface area (Å²) in [4.78, 5) is 40.5. The summed E-state index contributed by atoms with van der Waals surface area (Å²) in [7, 11) is 0. The molecule has 0 unspecified atom stereocenters. The van der Waals surface area contributed by atoms with E-state index in [4.69, 9.17) is 0 Å². The molecule has 156 valence electrons. The van der Waals surface area contributed by atoms with E-state index >= 15 is 0 Å². The lowest BCUT2D eigenvalue weighted by molar-refractivity contribution is -0.385. The summed E-state index contributed by atoms with van der Waals surface area (Å²) in [6.45, 7) is 4.04. The van der Waals surface area contributed by atoms with Crippen molar-refractivity contribution in [3.05, 3.63) is 66.9 Å². The van der Waals surface area contributed by atoms with Gasteiger partial charge in [0.15, 0.2) is 5.16 Å². The maximum atomic E-state index is 12.9. The summed E-state index contributed by atoms with van der Waals surface area (Å²) in [6, 6.07) is 9.84. The first kappa shape index (κ1) is 22.0. The normalized spacial score (nSPS) is 10.9. The highest BCUT2D eigenvalue weighted by Crippen LogP contribution is 2.26. The van der Waals surface area contributed by atoms with Crippen LogP contribution < -0.4 is 10.9 Å². The Balaban J connectivity index is 1.83. The number of amides is 1. The lowest BCUT2D eigenvalue weighted by Crippen LogP contribution is -2.24. The van der Waals surface area contributed by atoms with Crippen LogP contribution in [0.3, 0.4) is 0 Å². The zero-order chi connectivity index (χ0) is 21.8. The van der Waals surface area contributed by atoms with Gasteiger partial charge < -0.3 is 5.32 Å². The first-order chi connectivity index (χ1) is 14.3. The first-order valence-electron chi connectivity index (χ1n) is 9.18. The monoisotopic (exact) mass is 490 g/mol. The van der Waals surface area contributed by atoms with Crippen LogP contribution in [0.4, 0.5) is 11.4 Å². The van der Waals surface area contributed by atoms with Gasteiger partial charge in [0.05, 0.1) is 32.8 Å². The highest BCUT2D eigenvalue weighted by molar-refractivity contribution is 9.10.